The molecule has 0 saturated heterocycles. The van der Waals surface area contributed by atoms with Gasteiger partial charge in [-0.1, -0.05) is 38.5 Å². The Morgan fingerprint density at radius 1 is 0.945 bits per heavy atom. The van der Waals surface area contributed by atoms with E-state index in [0.717, 1.165) is 5.39 Å². The van der Waals surface area contributed by atoms with Gasteiger partial charge in [0.15, 0.2) is 5.82 Å². The fourth-order valence-electron chi connectivity index (χ4n) is 6.12. The van der Waals surface area contributed by atoms with E-state index in [1.807, 2.05) is 49.6 Å². The predicted molar refractivity (Wildman–Crippen MR) is 204 cm³/mol. The van der Waals surface area contributed by atoms with Crippen LogP contribution in [0.4, 0.5) is 10.6 Å². The van der Waals surface area contributed by atoms with Gasteiger partial charge in [0.2, 0.25) is 17.7 Å². The monoisotopic (exact) mass is 764 g/mol. The first kappa shape index (κ1) is 42.3. The maximum atomic E-state index is 13.5. The molecule has 3 aromatic rings. The number of carbonyl (C=O) groups excluding carboxylic acids is 5. The van der Waals surface area contributed by atoms with Crippen molar-refractivity contribution in [3.63, 3.8) is 0 Å². The van der Waals surface area contributed by atoms with E-state index in [4.69, 9.17) is 24.5 Å². The molecule has 298 valence electrons. The lowest BCUT2D eigenvalue weighted by Gasteiger charge is -2.27. The number of nitrogens with zero attached hydrogens (tertiary/aromatic N) is 4. The lowest BCUT2D eigenvalue weighted by atomic mass is 10.0. The average molecular weight is 765 g/mol. The number of unbranched alkanes of at least 4 members (excludes halogenated alkanes) is 2. The predicted octanol–water partition coefficient (Wildman–Crippen LogP) is 3.25. The minimum Gasteiger partial charge on any atom is -0.465 e. The molecule has 1 aliphatic heterocycles. The summed E-state index contributed by atoms with van der Waals surface area (Å²) in [5.41, 5.74) is 0.944. The fourth-order valence-corrected chi connectivity index (χ4v) is 6.12. The molecule has 0 aliphatic carbocycles. The molecule has 0 spiro atoms. The molecule has 17 nitrogen and oxygen atoms in total. The molecule has 2 atom stereocenters. The number of ether oxygens (including phenoxy) is 2. The molecule has 2 aromatic heterocycles. The number of imidazole rings is 1. The van der Waals surface area contributed by atoms with Gasteiger partial charge in [-0.2, -0.15) is 0 Å². The summed E-state index contributed by atoms with van der Waals surface area (Å²) in [5.74, 6) is -1.54. The van der Waals surface area contributed by atoms with Crippen LogP contribution in [0, 0.1) is 5.92 Å². The highest BCUT2D eigenvalue weighted by atomic mass is 16.5. The second-order valence-electron chi connectivity index (χ2n) is 14.2. The summed E-state index contributed by atoms with van der Waals surface area (Å²) in [6.45, 7) is 12.4. The molecule has 0 fully saturated rings. The van der Waals surface area contributed by atoms with Crippen molar-refractivity contribution >= 4 is 63.4 Å². The van der Waals surface area contributed by atoms with Crippen molar-refractivity contribution in [2.45, 2.75) is 98.1 Å². The Morgan fingerprint density at radius 2 is 1.65 bits per heavy atom. The van der Waals surface area contributed by atoms with E-state index >= 15 is 0 Å². The highest BCUT2D eigenvalue weighted by molar-refractivity contribution is 6.13. The minimum absolute atomic E-state index is 0.116. The molecule has 55 heavy (non-hydrogen) atoms. The van der Waals surface area contributed by atoms with Crippen molar-refractivity contribution in [3.8, 4) is 0 Å². The summed E-state index contributed by atoms with van der Waals surface area (Å²) in [7, 11) is 0. The van der Waals surface area contributed by atoms with Gasteiger partial charge in [-0.15, -0.1) is 0 Å². The second-order valence-corrected chi connectivity index (χ2v) is 14.2. The minimum atomic E-state index is -1.35. The van der Waals surface area contributed by atoms with Gasteiger partial charge in [-0.3, -0.25) is 28.9 Å². The topological polar surface area (TPSA) is 223 Å². The van der Waals surface area contributed by atoms with Crippen molar-refractivity contribution < 1.29 is 43.3 Å². The largest absolute Gasteiger partial charge is 0.465 e. The number of benzene rings is 1. The molecule has 1 aromatic carbocycles. The van der Waals surface area contributed by atoms with E-state index in [2.05, 4.69) is 21.3 Å². The van der Waals surface area contributed by atoms with Crippen molar-refractivity contribution in [3.05, 3.63) is 42.2 Å². The molecule has 0 radical (unpaired) electrons. The Kier molecular flexibility index (Phi) is 14.8. The number of aromatic nitrogens is 3. The van der Waals surface area contributed by atoms with Crippen LogP contribution in [0.1, 0.15) is 73.1 Å². The van der Waals surface area contributed by atoms with Crippen LogP contribution in [0.15, 0.2) is 36.4 Å². The summed E-state index contributed by atoms with van der Waals surface area (Å²) >= 11 is 0. The number of para-hydroxylation sites is 1. The maximum Gasteiger partial charge on any atom is 0.405 e. The summed E-state index contributed by atoms with van der Waals surface area (Å²) in [5, 5.41) is 20.4. The highest BCUT2D eigenvalue weighted by Crippen LogP contribution is 2.32. The van der Waals surface area contributed by atoms with Crippen LogP contribution in [-0.2, 0) is 46.6 Å². The Morgan fingerprint density at radius 3 is 2.33 bits per heavy atom. The number of anilines is 1. The number of carboxylic acid groups (broad SMARTS) is 1. The first-order chi connectivity index (χ1) is 26.1. The van der Waals surface area contributed by atoms with Crippen LogP contribution >= 0.6 is 0 Å². The van der Waals surface area contributed by atoms with Crippen LogP contribution in [0.3, 0.4) is 0 Å². The third kappa shape index (κ3) is 11.5. The molecule has 5 N–H and O–H groups in total. The van der Waals surface area contributed by atoms with E-state index in [0.29, 0.717) is 74.3 Å². The Hall–Kier alpha value is -5.42. The number of hydrogen-bond donors (Lipinski definition) is 5. The molecular formula is C38H52N8O9. The molecular weight excluding hydrogens is 712 g/mol. The van der Waals surface area contributed by atoms with Crippen LogP contribution < -0.4 is 21.3 Å². The lowest BCUT2D eigenvalue weighted by molar-refractivity contribution is -0.137. The third-order valence-corrected chi connectivity index (χ3v) is 8.96. The number of carbonyl (C=O) groups is 6. The number of nitrogens with one attached hydrogen (secondary N) is 4. The van der Waals surface area contributed by atoms with Gasteiger partial charge in [0, 0.05) is 43.7 Å². The standard InChI is InChI=1S/C38H52N8O9/c1-7-54-21-27-42-32-33(46(27)22-38(5,6)55-20-18-39-28(47)15-9-8-12-19-45-29(48)16-17-30(45)49)25-13-10-11-14-26(25)41-34(32)44-35(50)24(4)40-36(51)31(23(2)3)43-37(52)53/h10-11,13-14,16-17,23-24,31,43H,7-9,12,15,18-22H2,1-6H3,(H,39,47)(H,40,51)(H,52,53)(H,41,44,50). The maximum absolute atomic E-state index is 13.5. The van der Waals surface area contributed by atoms with Crippen LogP contribution in [0.2, 0.25) is 0 Å². The van der Waals surface area contributed by atoms with Gasteiger partial charge in [-0.25, -0.2) is 14.8 Å². The number of imide groups is 1. The van der Waals surface area contributed by atoms with E-state index in [-0.39, 0.29) is 42.7 Å². The van der Waals surface area contributed by atoms with Crippen molar-refractivity contribution in [2.75, 3.05) is 31.6 Å². The molecule has 17 heteroatoms. The zero-order chi connectivity index (χ0) is 40.3. The quantitative estimate of drug-likeness (QED) is 0.0782. The zero-order valence-electron chi connectivity index (χ0n) is 32.3. The fraction of sp³-hybridized carbons (Fsp3) is 0.526. The average Bonchev–Trinajstić information content (AvgIpc) is 3.65. The molecule has 6 amide bonds. The molecule has 2 unspecified atom stereocenters. The van der Waals surface area contributed by atoms with Gasteiger partial charge in [0.1, 0.15) is 30.0 Å². The van der Waals surface area contributed by atoms with Gasteiger partial charge in [0.05, 0.1) is 29.8 Å². The SMILES string of the molecule is CCOCc1nc2c(NC(=O)C(C)NC(=O)C(NC(=O)O)C(C)C)nc3ccccc3c2n1CC(C)(C)OCCNC(=O)CCCCCN1C(=O)C=CC1=O. The van der Waals surface area contributed by atoms with E-state index in [9.17, 15) is 28.8 Å². The first-order valence-corrected chi connectivity index (χ1v) is 18.5. The molecule has 1 aliphatic rings. The van der Waals surface area contributed by atoms with Crippen molar-refractivity contribution in [2.24, 2.45) is 5.92 Å². The van der Waals surface area contributed by atoms with Crippen LogP contribution in [0.5, 0.6) is 0 Å². The molecule has 0 bridgehead atoms. The number of fused-ring (bicyclic) bond motifs is 3. The number of rotatable bonds is 21. The Labute approximate surface area is 319 Å². The van der Waals surface area contributed by atoms with Gasteiger partial charge >= 0.3 is 6.09 Å². The third-order valence-electron chi connectivity index (χ3n) is 8.96. The lowest BCUT2D eigenvalue weighted by Crippen LogP contribution is -2.53. The van der Waals surface area contributed by atoms with Crippen molar-refractivity contribution in [1.29, 1.82) is 0 Å². The van der Waals surface area contributed by atoms with Crippen LogP contribution in [-0.4, -0.2) is 104 Å². The van der Waals surface area contributed by atoms with Gasteiger partial charge < -0.3 is 40.4 Å². The summed E-state index contributed by atoms with van der Waals surface area (Å²) < 4.78 is 14.0. The Bertz CT molecular complexity index is 1900. The van der Waals surface area contributed by atoms with E-state index in [1.165, 1.54) is 24.0 Å². The zero-order valence-corrected chi connectivity index (χ0v) is 32.3. The van der Waals surface area contributed by atoms with Crippen molar-refractivity contribution in [1.82, 2.24) is 35.4 Å². The summed E-state index contributed by atoms with van der Waals surface area (Å²) in [6.07, 6.45) is 3.44. The second kappa shape index (κ2) is 19.3. The molecule has 3 heterocycles. The summed E-state index contributed by atoms with van der Waals surface area (Å²) in [6, 6.07) is 5.34. The number of amides is 6. The van der Waals surface area contributed by atoms with Crippen LogP contribution in [0.25, 0.3) is 21.9 Å². The van der Waals surface area contributed by atoms with Gasteiger partial charge in [0.25, 0.3) is 11.8 Å². The first-order valence-electron chi connectivity index (χ1n) is 18.5. The normalized spacial score (nSPS) is 14.1. The van der Waals surface area contributed by atoms with E-state index in [1.54, 1.807) is 13.8 Å². The smallest absolute Gasteiger partial charge is 0.405 e. The number of pyridine rings is 1. The van der Waals surface area contributed by atoms with E-state index < -0.39 is 35.6 Å². The highest BCUT2D eigenvalue weighted by Gasteiger charge is 2.29. The number of hydrogen-bond acceptors (Lipinski definition) is 10. The Balaban J connectivity index is 1.43. The summed E-state index contributed by atoms with van der Waals surface area (Å²) in [4.78, 5) is 84.2. The molecule has 4 rings (SSSR count). The molecule has 0 saturated carbocycles. The van der Waals surface area contributed by atoms with Gasteiger partial charge in [-0.05, 0) is 52.5 Å².